The summed E-state index contributed by atoms with van der Waals surface area (Å²) >= 11 is 0. The number of hydrogen-bond donors (Lipinski definition) is 1. The molecule has 0 bridgehead atoms. The third-order valence-corrected chi connectivity index (χ3v) is 4.22. The summed E-state index contributed by atoms with van der Waals surface area (Å²) in [7, 11) is 0. The van der Waals surface area contributed by atoms with Gasteiger partial charge in [-0.25, -0.2) is 8.78 Å². The van der Waals surface area contributed by atoms with Crippen molar-refractivity contribution in [2.45, 2.75) is 18.3 Å². The summed E-state index contributed by atoms with van der Waals surface area (Å²) in [5.41, 5.74) is 6.94. The molecule has 2 aromatic carbocycles. The molecule has 0 radical (unpaired) electrons. The predicted molar refractivity (Wildman–Crippen MR) is 77.3 cm³/mol. The van der Waals surface area contributed by atoms with E-state index in [9.17, 15) is 8.78 Å². The first-order chi connectivity index (χ1) is 10.1. The number of hydrogen-bond acceptors (Lipinski definition) is 2. The van der Waals surface area contributed by atoms with E-state index in [1.54, 1.807) is 0 Å². The average Bonchev–Trinajstić information content (AvgIpc) is 2.51. The summed E-state index contributed by atoms with van der Waals surface area (Å²) in [6, 6.07) is 11.2. The van der Waals surface area contributed by atoms with Crippen molar-refractivity contribution in [3.8, 4) is 5.75 Å². The van der Waals surface area contributed by atoms with Gasteiger partial charge in [-0.15, -0.1) is 0 Å². The summed E-state index contributed by atoms with van der Waals surface area (Å²) in [6.07, 6.45) is 1.06. The fourth-order valence-corrected chi connectivity index (χ4v) is 3.03. The lowest BCUT2D eigenvalue weighted by molar-refractivity contribution is 0.214. The van der Waals surface area contributed by atoms with Crippen LogP contribution in [0.25, 0.3) is 0 Å². The number of benzene rings is 2. The summed E-state index contributed by atoms with van der Waals surface area (Å²) in [5, 5.41) is 0. The van der Waals surface area contributed by atoms with Gasteiger partial charge in [0.05, 0.1) is 6.61 Å². The van der Waals surface area contributed by atoms with Crippen molar-refractivity contribution in [2.24, 2.45) is 5.73 Å². The molecule has 3 rings (SSSR count). The molecule has 1 aliphatic heterocycles. The molecule has 4 heteroatoms. The van der Waals surface area contributed by atoms with Gasteiger partial charge >= 0.3 is 0 Å². The van der Waals surface area contributed by atoms with E-state index in [0.717, 1.165) is 17.4 Å². The molecule has 0 saturated carbocycles. The quantitative estimate of drug-likeness (QED) is 0.942. The van der Waals surface area contributed by atoms with E-state index in [0.29, 0.717) is 31.6 Å². The number of nitrogens with two attached hydrogens (primary N) is 1. The highest BCUT2D eigenvalue weighted by atomic mass is 19.1. The molecule has 2 aromatic rings. The second kappa shape index (κ2) is 5.45. The maximum atomic E-state index is 14.0. The van der Waals surface area contributed by atoms with Crippen molar-refractivity contribution in [1.82, 2.24) is 0 Å². The van der Waals surface area contributed by atoms with Crippen molar-refractivity contribution < 1.29 is 13.5 Å². The zero-order chi connectivity index (χ0) is 14.9. The van der Waals surface area contributed by atoms with Crippen molar-refractivity contribution in [3.05, 3.63) is 65.2 Å². The average molecular weight is 289 g/mol. The van der Waals surface area contributed by atoms with Gasteiger partial charge in [0.2, 0.25) is 0 Å². The van der Waals surface area contributed by atoms with Crippen molar-refractivity contribution in [3.63, 3.8) is 0 Å². The molecule has 0 aliphatic carbocycles. The fourth-order valence-electron chi connectivity index (χ4n) is 3.03. The molecule has 0 saturated heterocycles. The number of ether oxygens (including phenoxy) is 1. The largest absolute Gasteiger partial charge is 0.493 e. The number of fused-ring (bicyclic) bond motifs is 1. The highest BCUT2D eigenvalue weighted by Gasteiger charge is 2.37. The van der Waals surface area contributed by atoms with E-state index in [1.807, 2.05) is 24.3 Å². The molecule has 2 nitrogen and oxygen atoms in total. The molecule has 21 heavy (non-hydrogen) atoms. The second-order valence-corrected chi connectivity index (χ2v) is 5.49. The van der Waals surface area contributed by atoms with Gasteiger partial charge in [-0.3, -0.25) is 0 Å². The van der Waals surface area contributed by atoms with E-state index in [4.69, 9.17) is 10.5 Å². The van der Waals surface area contributed by atoms with Gasteiger partial charge < -0.3 is 10.5 Å². The summed E-state index contributed by atoms with van der Waals surface area (Å²) in [6.45, 7) is 0.897. The van der Waals surface area contributed by atoms with Crippen LogP contribution in [-0.2, 0) is 11.8 Å². The van der Waals surface area contributed by atoms with Crippen LogP contribution in [0.4, 0.5) is 8.78 Å². The molecule has 0 aromatic heterocycles. The van der Waals surface area contributed by atoms with Gasteiger partial charge in [0, 0.05) is 17.5 Å². The Morgan fingerprint density at radius 3 is 2.76 bits per heavy atom. The lowest BCUT2D eigenvalue weighted by atomic mass is 9.72. The summed E-state index contributed by atoms with van der Waals surface area (Å²) in [5.74, 6) is -0.0434. The van der Waals surface area contributed by atoms with Gasteiger partial charge in [-0.1, -0.05) is 18.2 Å². The number of halogens is 2. The van der Waals surface area contributed by atoms with Crippen LogP contribution in [0.1, 0.15) is 17.5 Å². The Hall–Kier alpha value is -1.94. The van der Waals surface area contributed by atoms with Crippen LogP contribution in [0.5, 0.6) is 5.75 Å². The van der Waals surface area contributed by atoms with E-state index in [2.05, 4.69) is 0 Å². The monoisotopic (exact) mass is 289 g/mol. The minimum Gasteiger partial charge on any atom is -0.493 e. The van der Waals surface area contributed by atoms with Crippen LogP contribution in [-0.4, -0.2) is 13.2 Å². The van der Waals surface area contributed by atoms with Crippen LogP contribution >= 0.6 is 0 Å². The highest BCUT2D eigenvalue weighted by molar-refractivity contribution is 5.43. The molecule has 0 amide bonds. The Balaban J connectivity index is 2.04. The topological polar surface area (TPSA) is 35.2 Å². The van der Waals surface area contributed by atoms with Crippen molar-refractivity contribution in [2.75, 3.05) is 13.2 Å². The zero-order valence-corrected chi connectivity index (χ0v) is 11.6. The van der Waals surface area contributed by atoms with Gasteiger partial charge in [0.15, 0.2) is 0 Å². The van der Waals surface area contributed by atoms with E-state index < -0.39 is 17.0 Å². The summed E-state index contributed by atoms with van der Waals surface area (Å²) < 4.78 is 33.0. The van der Waals surface area contributed by atoms with E-state index in [1.165, 1.54) is 12.1 Å². The Labute approximate surface area is 122 Å². The van der Waals surface area contributed by atoms with E-state index >= 15 is 0 Å². The van der Waals surface area contributed by atoms with Crippen molar-refractivity contribution in [1.29, 1.82) is 0 Å². The first-order valence-corrected chi connectivity index (χ1v) is 7.01. The normalized spacial score (nSPS) is 20.7. The predicted octanol–water partition coefficient (Wildman–Crippen LogP) is 3.19. The van der Waals surface area contributed by atoms with Gasteiger partial charge in [0.1, 0.15) is 17.4 Å². The van der Waals surface area contributed by atoms with Crippen LogP contribution < -0.4 is 10.5 Å². The minimum atomic E-state index is -0.432. The lowest BCUT2D eigenvalue weighted by Gasteiger charge is -2.38. The Bertz CT molecular complexity index is 659. The molecular weight excluding hydrogens is 272 g/mol. The smallest absolute Gasteiger partial charge is 0.126 e. The van der Waals surface area contributed by atoms with Crippen LogP contribution in [0, 0.1) is 11.6 Å². The van der Waals surface area contributed by atoms with Crippen molar-refractivity contribution >= 4 is 0 Å². The Kier molecular flexibility index (Phi) is 3.64. The molecule has 1 unspecified atom stereocenters. The highest BCUT2D eigenvalue weighted by Crippen LogP contribution is 2.40. The van der Waals surface area contributed by atoms with Crippen LogP contribution in [0.15, 0.2) is 42.5 Å². The van der Waals surface area contributed by atoms with Crippen LogP contribution in [0.2, 0.25) is 0 Å². The lowest BCUT2D eigenvalue weighted by Crippen LogP contribution is -2.42. The molecule has 0 spiro atoms. The maximum Gasteiger partial charge on any atom is 0.126 e. The number of para-hydroxylation sites is 1. The first-order valence-electron chi connectivity index (χ1n) is 7.01. The number of rotatable bonds is 3. The summed E-state index contributed by atoms with van der Waals surface area (Å²) in [4.78, 5) is 0. The molecule has 1 aliphatic rings. The molecule has 2 N–H and O–H groups in total. The third-order valence-electron chi connectivity index (χ3n) is 4.22. The SMILES string of the molecule is NCC1(Cc2cc(F)ccc2F)CCOc2ccccc21. The first kappa shape index (κ1) is 14.0. The van der Waals surface area contributed by atoms with Crippen LogP contribution in [0.3, 0.4) is 0 Å². The molecule has 110 valence electrons. The van der Waals surface area contributed by atoms with Gasteiger partial charge in [0.25, 0.3) is 0 Å². The Morgan fingerprint density at radius 1 is 1.14 bits per heavy atom. The molecule has 0 fully saturated rings. The Morgan fingerprint density at radius 2 is 1.95 bits per heavy atom. The van der Waals surface area contributed by atoms with Gasteiger partial charge in [-0.2, -0.15) is 0 Å². The fraction of sp³-hybridized carbons (Fsp3) is 0.294. The van der Waals surface area contributed by atoms with Gasteiger partial charge in [-0.05, 0) is 42.7 Å². The third kappa shape index (κ3) is 2.51. The zero-order valence-electron chi connectivity index (χ0n) is 11.6. The molecular formula is C17H17F2NO. The van der Waals surface area contributed by atoms with E-state index in [-0.39, 0.29) is 0 Å². The standard InChI is InChI=1S/C17H17F2NO/c18-13-5-6-15(19)12(9-13)10-17(11-20)7-8-21-16-4-2-1-3-14(16)17/h1-6,9H,7-8,10-11,20H2. The maximum absolute atomic E-state index is 14.0. The molecule has 1 heterocycles. The molecule has 1 atom stereocenters. The minimum absolute atomic E-state index is 0.358. The second-order valence-electron chi connectivity index (χ2n) is 5.49.